The lowest BCUT2D eigenvalue weighted by molar-refractivity contribution is 0.331. The molecule has 0 heterocycles. The lowest BCUT2D eigenvalue weighted by atomic mass is 9.80. The highest BCUT2D eigenvalue weighted by atomic mass is 32.2. The average Bonchev–Trinajstić information content (AvgIpc) is 2.48. The fourth-order valence-corrected chi connectivity index (χ4v) is 4.07. The van der Waals surface area contributed by atoms with Crippen molar-refractivity contribution in [3.05, 3.63) is 53.6 Å². The molecule has 6 heteroatoms. The molecule has 3 rings (SSSR count). The molecule has 0 spiro atoms. The Labute approximate surface area is 133 Å². The van der Waals surface area contributed by atoms with Crippen LogP contribution in [0.2, 0.25) is 0 Å². The molecule has 22 heavy (non-hydrogen) atoms. The van der Waals surface area contributed by atoms with E-state index in [4.69, 9.17) is 17.2 Å². The summed E-state index contributed by atoms with van der Waals surface area (Å²) in [5, 5.41) is 19.0. The van der Waals surface area contributed by atoms with Crippen LogP contribution in [0.4, 0.5) is 0 Å². The third-order valence-electron chi connectivity index (χ3n) is 4.06. The molecular formula is C16H19N3O2S. The van der Waals surface area contributed by atoms with E-state index in [1.165, 1.54) is 0 Å². The smallest absolute Gasteiger partial charge is 0.115 e. The van der Waals surface area contributed by atoms with Gasteiger partial charge in [0.05, 0.1) is 6.04 Å². The fraction of sp³-hybridized carbons (Fsp3) is 0.250. The summed E-state index contributed by atoms with van der Waals surface area (Å²) in [6.45, 7) is 0. The van der Waals surface area contributed by atoms with Crippen LogP contribution in [-0.4, -0.2) is 21.5 Å². The van der Waals surface area contributed by atoms with E-state index >= 15 is 0 Å². The maximum absolute atomic E-state index is 9.65. The Balaban J connectivity index is 1.91. The van der Waals surface area contributed by atoms with Gasteiger partial charge in [-0.2, -0.15) is 0 Å². The molecule has 0 fully saturated rings. The van der Waals surface area contributed by atoms with Crippen molar-refractivity contribution in [3.8, 4) is 11.5 Å². The van der Waals surface area contributed by atoms with E-state index in [1.54, 1.807) is 36.0 Å². The van der Waals surface area contributed by atoms with Crippen molar-refractivity contribution in [2.45, 2.75) is 28.3 Å². The van der Waals surface area contributed by atoms with Crippen LogP contribution in [0, 0.1) is 0 Å². The Bertz CT molecular complexity index is 688. The van der Waals surface area contributed by atoms with Gasteiger partial charge in [0.2, 0.25) is 0 Å². The molecule has 1 aliphatic carbocycles. The van der Waals surface area contributed by atoms with Crippen LogP contribution in [0.25, 0.3) is 0 Å². The largest absolute Gasteiger partial charge is 0.508 e. The number of thioether (sulfide) groups is 1. The van der Waals surface area contributed by atoms with Crippen molar-refractivity contribution in [2.75, 3.05) is 0 Å². The minimum Gasteiger partial charge on any atom is -0.508 e. The maximum atomic E-state index is 9.65. The first-order chi connectivity index (χ1) is 10.4. The highest BCUT2D eigenvalue weighted by Crippen LogP contribution is 2.39. The zero-order valence-corrected chi connectivity index (χ0v) is 12.8. The Hall–Kier alpha value is -1.73. The third kappa shape index (κ3) is 2.66. The van der Waals surface area contributed by atoms with E-state index in [9.17, 15) is 10.2 Å². The molecule has 5 nitrogen and oxygen atoms in total. The lowest BCUT2D eigenvalue weighted by Crippen LogP contribution is -2.65. The summed E-state index contributed by atoms with van der Waals surface area (Å²) in [6.07, 6.45) is 0.721. The predicted octanol–water partition coefficient (Wildman–Crippen LogP) is 1.21. The first-order valence-corrected chi connectivity index (χ1v) is 7.87. The topological polar surface area (TPSA) is 119 Å². The zero-order valence-electron chi connectivity index (χ0n) is 11.9. The van der Waals surface area contributed by atoms with Crippen LogP contribution < -0.4 is 17.2 Å². The first-order valence-electron chi connectivity index (χ1n) is 6.99. The van der Waals surface area contributed by atoms with Gasteiger partial charge in [-0.05, 0) is 53.9 Å². The van der Waals surface area contributed by atoms with Gasteiger partial charge in [0.15, 0.2) is 0 Å². The number of hydrogen-bond acceptors (Lipinski definition) is 6. The van der Waals surface area contributed by atoms with Gasteiger partial charge >= 0.3 is 0 Å². The SMILES string of the molecule is N[C@H]1[C@H](Sc2ccc(O)cc2)Cc2ccc(O)cc2C1(N)N. The molecule has 2 aromatic rings. The summed E-state index contributed by atoms with van der Waals surface area (Å²) in [4.78, 5) is 0.997. The molecule has 0 bridgehead atoms. The minimum atomic E-state index is -1.19. The highest BCUT2D eigenvalue weighted by Gasteiger charge is 2.42. The quantitative estimate of drug-likeness (QED) is 0.531. The maximum Gasteiger partial charge on any atom is 0.115 e. The van der Waals surface area contributed by atoms with Crippen molar-refractivity contribution in [1.29, 1.82) is 0 Å². The normalized spacial score (nSPS) is 23.0. The van der Waals surface area contributed by atoms with Gasteiger partial charge in [-0.15, -0.1) is 11.8 Å². The molecule has 0 unspecified atom stereocenters. The van der Waals surface area contributed by atoms with Crippen LogP contribution in [0.15, 0.2) is 47.4 Å². The van der Waals surface area contributed by atoms with Gasteiger partial charge < -0.3 is 27.4 Å². The van der Waals surface area contributed by atoms with E-state index < -0.39 is 11.7 Å². The molecule has 2 aromatic carbocycles. The van der Waals surface area contributed by atoms with Gasteiger partial charge in [0, 0.05) is 10.1 Å². The Morgan fingerprint density at radius 2 is 1.64 bits per heavy atom. The molecular weight excluding hydrogens is 298 g/mol. The average molecular weight is 317 g/mol. The third-order valence-corrected chi connectivity index (χ3v) is 5.36. The Morgan fingerprint density at radius 1 is 1.00 bits per heavy atom. The number of rotatable bonds is 2. The molecule has 8 N–H and O–H groups in total. The zero-order chi connectivity index (χ0) is 15.9. The van der Waals surface area contributed by atoms with Crippen molar-refractivity contribution >= 4 is 11.8 Å². The lowest BCUT2D eigenvalue weighted by Gasteiger charge is -2.42. The monoisotopic (exact) mass is 317 g/mol. The van der Waals surface area contributed by atoms with Crippen LogP contribution in [-0.2, 0) is 12.1 Å². The molecule has 0 aliphatic heterocycles. The van der Waals surface area contributed by atoms with Crippen molar-refractivity contribution in [3.63, 3.8) is 0 Å². The van der Waals surface area contributed by atoms with E-state index in [0.717, 1.165) is 16.9 Å². The van der Waals surface area contributed by atoms with Crippen LogP contribution in [0.3, 0.4) is 0 Å². The number of phenols is 2. The summed E-state index contributed by atoms with van der Waals surface area (Å²) in [5.74, 6) is 0.362. The number of phenolic OH excluding ortho intramolecular Hbond substituents is 2. The number of hydrogen-bond donors (Lipinski definition) is 5. The summed E-state index contributed by atoms with van der Waals surface area (Å²) < 4.78 is 0. The molecule has 2 atom stereocenters. The van der Waals surface area contributed by atoms with Crippen molar-refractivity contribution < 1.29 is 10.2 Å². The number of benzene rings is 2. The fourth-order valence-electron chi connectivity index (χ4n) is 2.79. The van der Waals surface area contributed by atoms with Gasteiger partial charge in [0.1, 0.15) is 17.2 Å². The van der Waals surface area contributed by atoms with Crippen LogP contribution in [0.1, 0.15) is 11.1 Å². The first kappa shape index (κ1) is 15.2. The van der Waals surface area contributed by atoms with Gasteiger partial charge in [-0.3, -0.25) is 0 Å². The molecule has 1 aliphatic rings. The second kappa shape index (κ2) is 5.48. The minimum absolute atomic E-state index is 0.0107. The number of nitrogens with two attached hydrogens (primary N) is 3. The second-order valence-electron chi connectivity index (χ2n) is 5.65. The van der Waals surface area contributed by atoms with E-state index in [1.807, 2.05) is 18.2 Å². The molecule has 0 saturated carbocycles. The van der Waals surface area contributed by atoms with Crippen LogP contribution in [0.5, 0.6) is 11.5 Å². The molecule has 116 valence electrons. The predicted molar refractivity (Wildman–Crippen MR) is 87.6 cm³/mol. The van der Waals surface area contributed by atoms with Crippen molar-refractivity contribution in [1.82, 2.24) is 0 Å². The summed E-state index contributed by atoms with van der Waals surface area (Å²) >= 11 is 1.59. The highest BCUT2D eigenvalue weighted by molar-refractivity contribution is 8.00. The Kier molecular flexibility index (Phi) is 3.78. The van der Waals surface area contributed by atoms with E-state index in [0.29, 0.717) is 5.56 Å². The molecule has 0 aromatic heterocycles. The Morgan fingerprint density at radius 3 is 2.32 bits per heavy atom. The van der Waals surface area contributed by atoms with Crippen molar-refractivity contribution in [2.24, 2.45) is 17.2 Å². The summed E-state index contributed by atoms with van der Waals surface area (Å²) in [7, 11) is 0. The summed E-state index contributed by atoms with van der Waals surface area (Å²) in [5.41, 5.74) is 19.3. The second-order valence-corrected chi connectivity index (χ2v) is 6.97. The summed E-state index contributed by atoms with van der Waals surface area (Å²) in [6, 6.07) is 11.6. The molecule has 0 saturated heterocycles. The number of aromatic hydroxyl groups is 2. The van der Waals surface area contributed by atoms with Crippen LogP contribution >= 0.6 is 11.8 Å². The number of fused-ring (bicyclic) bond motifs is 1. The van der Waals surface area contributed by atoms with Gasteiger partial charge in [0.25, 0.3) is 0 Å². The van der Waals surface area contributed by atoms with Gasteiger partial charge in [-0.25, -0.2) is 0 Å². The van der Waals surface area contributed by atoms with E-state index in [2.05, 4.69) is 0 Å². The molecule has 0 radical (unpaired) electrons. The van der Waals surface area contributed by atoms with Gasteiger partial charge in [-0.1, -0.05) is 6.07 Å². The molecule has 0 amide bonds. The standard InChI is InChI=1S/C16H19N3O2S/c17-15-14(22-12-5-3-10(20)4-6-12)7-9-1-2-11(21)8-13(9)16(15,18)19/h1-6,8,14-15,20-21H,7,17-19H2/t14-,15+/m1/s1. The van der Waals surface area contributed by atoms with E-state index in [-0.39, 0.29) is 16.7 Å².